The molecule has 1 unspecified atom stereocenters. The summed E-state index contributed by atoms with van der Waals surface area (Å²) in [5, 5.41) is 17.8. The quantitative estimate of drug-likeness (QED) is 0.785. The normalized spacial score (nSPS) is 25.5. The maximum Gasteiger partial charge on any atom is 0.276 e. The SMILES string of the molecule is NCCn1cc(C(=O)N2CCCC(CO)(CC3CC3)C2)nn1. The van der Waals surface area contributed by atoms with Gasteiger partial charge < -0.3 is 15.7 Å². The summed E-state index contributed by atoms with van der Waals surface area (Å²) in [6, 6.07) is 0. The molecule has 0 radical (unpaired) electrons. The van der Waals surface area contributed by atoms with Gasteiger partial charge in [0.15, 0.2) is 5.69 Å². The number of nitrogens with two attached hydrogens (primary N) is 1. The van der Waals surface area contributed by atoms with E-state index in [-0.39, 0.29) is 17.9 Å². The summed E-state index contributed by atoms with van der Waals surface area (Å²) in [6.07, 6.45) is 7.17. The Balaban J connectivity index is 1.68. The third kappa shape index (κ3) is 3.30. The summed E-state index contributed by atoms with van der Waals surface area (Å²) in [5.41, 5.74) is 5.73. The zero-order chi connectivity index (χ0) is 15.6. The molecule has 1 aromatic rings. The topological polar surface area (TPSA) is 97.3 Å². The van der Waals surface area contributed by atoms with E-state index in [1.165, 1.54) is 12.8 Å². The molecule has 1 saturated carbocycles. The van der Waals surface area contributed by atoms with Gasteiger partial charge in [-0.2, -0.15) is 0 Å². The first-order valence-corrected chi connectivity index (χ1v) is 8.16. The lowest BCUT2D eigenvalue weighted by Crippen LogP contribution is -2.48. The number of rotatable bonds is 6. The van der Waals surface area contributed by atoms with E-state index in [0.717, 1.165) is 31.7 Å². The van der Waals surface area contributed by atoms with Crippen molar-refractivity contribution in [3.05, 3.63) is 11.9 Å². The van der Waals surface area contributed by atoms with Crippen molar-refractivity contribution in [3.8, 4) is 0 Å². The molecule has 1 amide bonds. The van der Waals surface area contributed by atoms with E-state index >= 15 is 0 Å². The molecule has 3 rings (SSSR count). The Bertz CT molecular complexity index is 528. The van der Waals surface area contributed by atoms with Crippen LogP contribution in [0, 0.1) is 11.3 Å². The number of amides is 1. The minimum absolute atomic E-state index is 0.0865. The molecule has 122 valence electrons. The zero-order valence-electron chi connectivity index (χ0n) is 12.9. The number of hydrogen-bond donors (Lipinski definition) is 2. The van der Waals surface area contributed by atoms with Crippen molar-refractivity contribution in [2.45, 2.75) is 38.6 Å². The molecule has 2 fully saturated rings. The van der Waals surface area contributed by atoms with E-state index in [9.17, 15) is 9.90 Å². The Morgan fingerprint density at radius 1 is 1.50 bits per heavy atom. The van der Waals surface area contributed by atoms with Crippen LogP contribution in [0.3, 0.4) is 0 Å². The molecule has 0 aromatic carbocycles. The summed E-state index contributed by atoms with van der Waals surface area (Å²) >= 11 is 0. The van der Waals surface area contributed by atoms with Crippen molar-refractivity contribution in [2.75, 3.05) is 26.2 Å². The van der Waals surface area contributed by atoms with Gasteiger partial charge in [0.05, 0.1) is 19.3 Å². The Morgan fingerprint density at radius 2 is 2.32 bits per heavy atom. The van der Waals surface area contributed by atoms with Crippen LogP contribution in [0.2, 0.25) is 0 Å². The van der Waals surface area contributed by atoms with Crippen LogP contribution in [0.25, 0.3) is 0 Å². The van der Waals surface area contributed by atoms with Gasteiger partial charge in [-0.3, -0.25) is 9.48 Å². The lowest BCUT2D eigenvalue weighted by atomic mass is 9.76. The molecule has 22 heavy (non-hydrogen) atoms. The van der Waals surface area contributed by atoms with Gasteiger partial charge in [-0.15, -0.1) is 5.10 Å². The number of carbonyl (C=O) groups is 1. The van der Waals surface area contributed by atoms with E-state index in [2.05, 4.69) is 10.3 Å². The van der Waals surface area contributed by atoms with Crippen molar-refractivity contribution in [2.24, 2.45) is 17.1 Å². The fraction of sp³-hybridized carbons (Fsp3) is 0.800. The molecular formula is C15H25N5O2. The molecule has 1 atom stereocenters. The molecule has 1 aromatic heterocycles. The van der Waals surface area contributed by atoms with Crippen molar-refractivity contribution in [1.29, 1.82) is 0 Å². The highest BCUT2D eigenvalue weighted by molar-refractivity contribution is 5.92. The van der Waals surface area contributed by atoms with Gasteiger partial charge in [0.2, 0.25) is 0 Å². The van der Waals surface area contributed by atoms with E-state index < -0.39 is 0 Å². The predicted octanol–water partition coefficient (Wildman–Crippen LogP) is 0.252. The lowest BCUT2D eigenvalue weighted by Gasteiger charge is -2.41. The molecule has 2 aliphatic rings. The molecule has 2 heterocycles. The van der Waals surface area contributed by atoms with Gasteiger partial charge in [0, 0.05) is 25.0 Å². The van der Waals surface area contributed by atoms with Crippen molar-refractivity contribution in [3.63, 3.8) is 0 Å². The summed E-state index contributed by atoms with van der Waals surface area (Å²) in [6.45, 7) is 2.54. The smallest absolute Gasteiger partial charge is 0.276 e. The first kappa shape index (κ1) is 15.4. The number of carbonyl (C=O) groups excluding carboxylic acids is 1. The Labute approximate surface area is 130 Å². The number of aliphatic hydroxyl groups is 1. The molecule has 0 bridgehead atoms. The van der Waals surface area contributed by atoms with E-state index in [1.807, 2.05) is 4.90 Å². The second kappa shape index (κ2) is 6.34. The summed E-state index contributed by atoms with van der Waals surface area (Å²) in [5.74, 6) is 0.657. The van der Waals surface area contributed by atoms with Crippen LogP contribution in [0.15, 0.2) is 6.20 Å². The summed E-state index contributed by atoms with van der Waals surface area (Å²) < 4.78 is 1.60. The van der Waals surface area contributed by atoms with Gasteiger partial charge in [-0.05, 0) is 25.2 Å². The number of likely N-dealkylation sites (tertiary alicyclic amines) is 1. The van der Waals surface area contributed by atoms with Gasteiger partial charge in [0.25, 0.3) is 5.91 Å². The first-order valence-electron chi connectivity index (χ1n) is 8.16. The highest BCUT2D eigenvalue weighted by Gasteiger charge is 2.41. The van der Waals surface area contributed by atoms with Crippen LogP contribution in [-0.2, 0) is 6.54 Å². The highest BCUT2D eigenvalue weighted by atomic mass is 16.3. The molecule has 1 saturated heterocycles. The van der Waals surface area contributed by atoms with Crippen molar-refractivity contribution in [1.82, 2.24) is 19.9 Å². The zero-order valence-corrected chi connectivity index (χ0v) is 12.9. The summed E-state index contributed by atoms with van der Waals surface area (Å²) in [7, 11) is 0. The second-order valence-corrected chi connectivity index (χ2v) is 6.79. The van der Waals surface area contributed by atoms with E-state index in [4.69, 9.17) is 5.73 Å². The molecule has 7 nitrogen and oxygen atoms in total. The van der Waals surface area contributed by atoms with Crippen molar-refractivity contribution >= 4 is 5.91 Å². The average Bonchev–Trinajstić information content (AvgIpc) is 3.22. The fourth-order valence-corrected chi connectivity index (χ4v) is 3.48. The third-order valence-corrected chi connectivity index (χ3v) is 4.82. The standard InChI is InChI=1S/C15H25N5O2/c16-5-7-20-9-13(17-18-20)14(22)19-6-1-4-15(10-19,11-21)8-12-2-3-12/h9,12,21H,1-8,10-11,16H2. The Hall–Kier alpha value is -1.47. The molecule has 7 heteroatoms. The number of hydrogen-bond acceptors (Lipinski definition) is 5. The van der Waals surface area contributed by atoms with Crippen LogP contribution < -0.4 is 5.73 Å². The molecular weight excluding hydrogens is 282 g/mol. The Morgan fingerprint density at radius 3 is 3.00 bits per heavy atom. The molecule has 0 spiro atoms. The summed E-state index contributed by atoms with van der Waals surface area (Å²) in [4.78, 5) is 14.5. The maximum absolute atomic E-state index is 12.6. The van der Waals surface area contributed by atoms with Gasteiger partial charge >= 0.3 is 0 Å². The minimum atomic E-state index is -0.123. The molecule has 1 aliphatic carbocycles. The average molecular weight is 307 g/mol. The second-order valence-electron chi connectivity index (χ2n) is 6.79. The maximum atomic E-state index is 12.6. The third-order valence-electron chi connectivity index (χ3n) is 4.82. The number of aliphatic hydroxyl groups excluding tert-OH is 1. The monoisotopic (exact) mass is 307 g/mol. The number of aromatic nitrogens is 3. The van der Waals surface area contributed by atoms with Crippen LogP contribution in [0.1, 0.15) is 42.6 Å². The van der Waals surface area contributed by atoms with E-state index in [0.29, 0.717) is 25.3 Å². The van der Waals surface area contributed by atoms with Crippen molar-refractivity contribution < 1.29 is 9.90 Å². The number of piperidine rings is 1. The van der Waals surface area contributed by atoms with Gasteiger partial charge in [0.1, 0.15) is 0 Å². The highest BCUT2D eigenvalue weighted by Crippen LogP contribution is 2.44. The largest absolute Gasteiger partial charge is 0.396 e. The Kier molecular flexibility index (Phi) is 4.44. The first-order chi connectivity index (χ1) is 10.7. The van der Waals surface area contributed by atoms with E-state index in [1.54, 1.807) is 10.9 Å². The van der Waals surface area contributed by atoms with Crippen LogP contribution in [0.4, 0.5) is 0 Å². The fourth-order valence-electron chi connectivity index (χ4n) is 3.48. The number of nitrogens with zero attached hydrogens (tertiary/aromatic N) is 4. The molecule has 1 aliphatic heterocycles. The van der Waals surface area contributed by atoms with Gasteiger partial charge in [-0.25, -0.2) is 0 Å². The van der Waals surface area contributed by atoms with Crippen LogP contribution >= 0.6 is 0 Å². The lowest BCUT2D eigenvalue weighted by molar-refractivity contribution is 0.0193. The van der Waals surface area contributed by atoms with Gasteiger partial charge in [-0.1, -0.05) is 18.1 Å². The van der Waals surface area contributed by atoms with Crippen LogP contribution in [-0.4, -0.2) is 57.1 Å². The van der Waals surface area contributed by atoms with Crippen LogP contribution in [0.5, 0.6) is 0 Å². The minimum Gasteiger partial charge on any atom is -0.396 e. The predicted molar refractivity (Wildman–Crippen MR) is 81.1 cm³/mol. The molecule has 3 N–H and O–H groups in total.